The van der Waals surface area contributed by atoms with E-state index in [9.17, 15) is 9.59 Å². The van der Waals surface area contributed by atoms with E-state index in [2.05, 4.69) is 16.0 Å². The Kier molecular flexibility index (Phi) is 7.50. The zero-order chi connectivity index (χ0) is 20.5. The lowest BCUT2D eigenvalue weighted by molar-refractivity contribution is -0.114. The van der Waals surface area contributed by atoms with Crippen molar-refractivity contribution in [3.63, 3.8) is 0 Å². The van der Waals surface area contributed by atoms with Crippen LogP contribution in [0.1, 0.15) is 49.4 Å². The monoisotopic (exact) mass is 395 g/mol. The van der Waals surface area contributed by atoms with E-state index in [1.165, 1.54) is 19.3 Å². The van der Waals surface area contributed by atoms with E-state index in [4.69, 9.17) is 4.74 Å². The Balaban J connectivity index is 1.44. The third-order valence-corrected chi connectivity index (χ3v) is 4.99. The number of carbonyl (C=O) groups is 2. The van der Waals surface area contributed by atoms with Crippen molar-refractivity contribution in [3.8, 4) is 5.75 Å². The second-order valence-electron chi connectivity index (χ2n) is 7.24. The van der Waals surface area contributed by atoms with E-state index in [0.717, 1.165) is 24.3 Å². The summed E-state index contributed by atoms with van der Waals surface area (Å²) in [5, 5.41) is 9.01. The normalized spacial score (nSPS) is 14.1. The highest BCUT2D eigenvalue weighted by Gasteiger charge is 2.16. The number of carbonyl (C=O) groups excluding carboxylic acids is 2. The fourth-order valence-electron chi connectivity index (χ4n) is 3.44. The number of ether oxygens (including phenoxy) is 1. The highest BCUT2D eigenvalue weighted by molar-refractivity contribution is 5.96. The van der Waals surface area contributed by atoms with Crippen molar-refractivity contribution < 1.29 is 14.3 Å². The van der Waals surface area contributed by atoms with Crippen LogP contribution in [0, 0.1) is 0 Å². The van der Waals surface area contributed by atoms with E-state index >= 15 is 0 Å². The summed E-state index contributed by atoms with van der Waals surface area (Å²) in [5.41, 5.74) is 2.12. The van der Waals surface area contributed by atoms with Gasteiger partial charge in [0.2, 0.25) is 5.91 Å². The predicted molar refractivity (Wildman–Crippen MR) is 116 cm³/mol. The van der Waals surface area contributed by atoms with Crippen LogP contribution in [-0.4, -0.2) is 31.0 Å². The Morgan fingerprint density at radius 3 is 2.24 bits per heavy atom. The van der Waals surface area contributed by atoms with Gasteiger partial charge in [-0.3, -0.25) is 9.59 Å². The van der Waals surface area contributed by atoms with Crippen LogP contribution in [0.25, 0.3) is 0 Å². The molecule has 1 saturated carbocycles. The maximum absolute atomic E-state index is 12.4. The van der Waals surface area contributed by atoms with Crippen molar-refractivity contribution in [1.29, 1.82) is 0 Å². The number of benzene rings is 2. The maximum atomic E-state index is 12.4. The van der Waals surface area contributed by atoms with Gasteiger partial charge in [0.15, 0.2) is 0 Å². The molecule has 0 bridgehead atoms. The van der Waals surface area contributed by atoms with Gasteiger partial charge in [-0.05, 0) is 68.3 Å². The van der Waals surface area contributed by atoms with Crippen LogP contribution >= 0.6 is 0 Å². The maximum Gasteiger partial charge on any atom is 0.251 e. The lowest BCUT2D eigenvalue weighted by Crippen LogP contribution is -2.36. The molecule has 2 aromatic carbocycles. The summed E-state index contributed by atoms with van der Waals surface area (Å²) in [6.45, 7) is 2.71. The number of amides is 2. The van der Waals surface area contributed by atoms with Crippen LogP contribution in [0.4, 0.5) is 11.4 Å². The Hall–Kier alpha value is -3.02. The first-order chi connectivity index (χ1) is 14.1. The van der Waals surface area contributed by atoms with Crippen molar-refractivity contribution >= 4 is 23.2 Å². The molecule has 0 atom stereocenters. The molecule has 6 heteroatoms. The molecule has 0 aromatic heterocycles. The van der Waals surface area contributed by atoms with E-state index < -0.39 is 0 Å². The van der Waals surface area contributed by atoms with Gasteiger partial charge in [0.1, 0.15) is 5.75 Å². The summed E-state index contributed by atoms with van der Waals surface area (Å²) in [4.78, 5) is 24.5. The molecule has 0 unspecified atom stereocenters. The van der Waals surface area contributed by atoms with E-state index in [0.29, 0.717) is 17.9 Å². The molecule has 2 amide bonds. The second kappa shape index (κ2) is 10.5. The van der Waals surface area contributed by atoms with Gasteiger partial charge in [-0.2, -0.15) is 0 Å². The van der Waals surface area contributed by atoms with Crippen molar-refractivity contribution in [2.45, 2.75) is 45.1 Å². The molecule has 29 heavy (non-hydrogen) atoms. The Labute approximate surface area is 172 Å². The molecule has 3 N–H and O–H groups in total. The molecule has 0 heterocycles. The average Bonchev–Trinajstić information content (AvgIpc) is 2.75. The van der Waals surface area contributed by atoms with Crippen molar-refractivity contribution in [3.05, 3.63) is 54.1 Å². The Morgan fingerprint density at radius 2 is 1.59 bits per heavy atom. The van der Waals surface area contributed by atoms with Gasteiger partial charge in [0.05, 0.1) is 13.2 Å². The predicted octanol–water partition coefficient (Wildman–Crippen LogP) is 4.20. The number of hydrogen-bond donors (Lipinski definition) is 3. The third kappa shape index (κ3) is 6.52. The first-order valence-electron chi connectivity index (χ1n) is 10.3. The summed E-state index contributed by atoms with van der Waals surface area (Å²) in [6.07, 6.45) is 5.73. The van der Waals surface area contributed by atoms with Crippen molar-refractivity contribution in [2.24, 2.45) is 0 Å². The summed E-state index contributed by atoms with van der Waals surface area (Å²) in [6, 6.07) is 14.7. The number of anilines is 2. The van der Waals surface area contributed by atoms with Gasteiger partial charge in [-0.25, -0.2) is 0 Å². The van der Waals surface area contributed by atoms with Gasteiger partial charge >= 0.3 is 0 Å². The summed E-state index contributed by atoms with van der Waals surface area (Å²) >= 11 is 0. The number of hydrogen-bond acceptors (Lipinski definition) is 4. The molecule has 0 radical (unpaired) electrons. The lowest BCUT2D eigenvalue weighted by Gasteiger charge is -2.22. The van der Waals surface area contributed by atoms with E-state index in [-0.39, 0.29) is 24.4 Å². The van der Waals surface area contributed by atoms with Crippen LogP contribution in [0.15, 0.2) is 48.5 Å². The van der Waals surface area contributed by atoms with Gasteiger partial charge < -0.3 is 20.7 Å². The van der Waals surface area contributed by atoms with E-state index in [1.54, 1.807) is 24.3 Å². The molecule has 6 nitrogen and oxygen atoms in total. The zero-order valence-electron chi connectivity index (χ0n) is 16.9. The zero-order valence-corrected chi connectivity index (χ0v) is 16.9. The molecule has 3 rings (SSSR count). The minimum Gasteiger partial charge on any atom is -0.494 e. The number of nitrogens with one attached hydrogen (secondary N) is 3. The average molecular weight is 396 g/mol. The van der Waals surface area contributed by atoms with Gasteiger partial charge in [-0.15, -0.1) is 0 Å². The molecule has 0 saturated heterocycles. The standard InChI is InChI=1S/C23H29N3O3/c1-2-29-21-14-12-18(13-15-21)24-16-22(27)25-20-10-8-17(9-11-20)23(28)26-19-6-4-3-5-7-19/h8-15,19,24H,2-7,16H2,1H3,(H,25,27)(H,26,28). The smallest absolute Gasteiger partial charge is 0.251 e. The Bertz CT molecular complexity index is 797. The first-order valence-corrected chi connectivity index (χ1v) is 10.3. The molecule has 1 fully saturated rings. The van der Waals surface area contributed by atoms with Gasteiger partial charge in [-0.1, -0.05) is 19.3 Å². The molecule has 2 aromatic rings. The van der Waals surface area contributed by atoms with Crippen LogP contribution in [0.5, 0.6) is 5.75 Å². The van der Waals surface area contributed by atoms with Crippen LogP contribution in [-0.2, 0) is 4.79 Å². The largest absolute Gasteiger partial charge is 0.494 e. The van der Waals surface area contributed by atoms with Crippen molar-refractivity contribution in [2.75, 3.05) is 23.8 Å². The molecule has 0 aliphatic heterocycles. The van der Waals surface area contributed by atoms with Crippen LogP contribution < -0.4 is 20.7 Å². The molecule has 0 spiro atoms. The second-order valence-corrected chi connectivity index (χ2v) is 7.24. The van der Waals surface area contributed by atoms with Crippen LogP contribution in [0.2, 0.25) is 0 Å². The topological polar surface area (TPSA) is 79.5 Å². The minimum absolute atomic E-state index is 0.0491. The van der Waals surface area contributed by atoms with Crippen molar-refractivity contribution in [1.82, 2.24) is 5.32 Å². The minimum atomic E-state index is -0.154. The fourth-order valence-corrected chi connectivity index (χ4v) is 3.44. The van der Waals surface area contributed by atoms with Crippen LogP contribution in [0.3, 0.4) is 0 Å². The summed E-state index contributed by atoms with van der Waals surface area (Å²) in [7, 11) is 0. The highest BCUT2D eigenvalue weighted by atomic mass is 16.5. The first kappa shape index (κ1) is 20.7. The molecule has 154 valence electrons. The third-order valence-electron chi connectivity index (χ3n) is 4.99. The molecular formula is C23H29N3O3. The molecular weight excluding hydrogens is 366 g/mol. The van der Waals surface area contributed by atoms with Gasteiger partial charge in [0.25, 0.3) is 5.91 Å². The quantitative estimate of drug-likeness (QED) is 0.626. The lowest BCUT2D eigenvalue weighted by atomic mass is 9.95. The fraction of sp³-hybridized carbons (Fsp3) is 0.391. The molecule has 1 aliphatic carbocycles. The highest BCUT2D eigenvalue weighted by Crippen LogP contribution is 2.18. The SMILES string of the molecule is CCOc1ccc(NCC(=O)Nc2ccc(C(=O)NC3CCCCC3)cc2)cc1. The van der Waals surface area contributed by atoms with E-state index in [1.807, 2.05) is 31.2 Å². The Morgan fingerprint density at radius 1 is 0.931 bits per heavy atom. The number of rotatable bonds is 8. The summed E-state index contributed by atoms with van der Waals surface area (Å²) < 4.78 is 5.40. The summed E-state index contributed by atoms with van der Waals surface area (Å²) in [5.74, 6) is 0.598. The molecule has 1 aliphatic rings. The van der Waals surface area contributed by atoms with Gasteiger partial charge in [0, 0.05) is 23.0 Å².